The molecule has 0 radical (unpaired) electrons. The van der Waals surface area contributed by atoms with E-state index in [-0.39, 0.29) is 0 Å². The van der Waals surface area contributed by atoms with Crippen molar-refractivity contribution in [2.45, 2.75) is 6.18 Å². The molecule has 0 atom stereocenters. The molecule has 0 spiro atoms. The standard InChI is InChI=1S/C9H7F4N/c1-14-5-6-2-3-7(8(10)4-6)9(11,12)13/h2-5H,1H3/b14-5+. The van der Waals surface area contributed by atoms with E-state index >= 15 is 0 Å². The molecule has 0 fully saturated rings. The molecule has 1 aromatic rings. The molecular weight excluding hydrogens is 198 g/mol. The number of nitrogens with zero attached hydrogens (tertiary/aromatic N) is 1. The Morgan fingerprint density at radius 2 is 1.93 bits per heavy atom. The van der Waals surface area contributed by atoms with Crippen LogP contribution in [0.3, 0.4) is 0 Å². The van der Waals surface area contributed by atoms with Crippen LogP contribution in [0.25, 0.3) is 0 Å². The van der Waals surface area contributed by atoms with Gasteiger partial charge in [-0.1, -0.05) is 6.07 Å². The summed E-state index contributed by atoms with van der Waals surface area (Å²) in [4.78, 5) is 3.57. The van der Waals surface area contributed by atoms with E-state index < -0.39 is 17.6 Å². The average molecular weight is 205 g/mol. The van der Waals surface area contributed by atoms with Gasteiger partial charge < -0.3 is 0 Å². The van der Waals surface area contributed by atoms with Crippen LogP contribution in [-0.2, 0) is 6.18 Å². The van der Waals surface area contributed by atoms with Gasteiger partial charge in [0, 0.05) is 13.3 Å². The van der Waals surface area contributed by atoms with Crippen molar-refractivity contribution in [3.05, 3.63) is 35.1 Å². The summed E-state index contributed by atoms with van der Waals surface area (Å²) < 4.78 is 49.2. The van der Waals surface area contributed by atoms with Crippen LogP contribution in [0.15, 0.2) is 23.2 Å². The van der Waals surface area contributed by atoms with Gasteiger partial charge in [-0.05, 0) is 17.7 Å². The van der Waals surface area contributed by atoms with Crippen LogP contribution in [0.5, 0.6) is 0 Å². The molecular formula is C9H7F4N. The van der Waals surface area contributed by atoms with Gasteiger partial charge in [0.15, 0.2) is 0 Å². The fourth-order valence-corrected chi connectivity index (χ4v) is 0.991. The third kappa shape index (κ3) is 2.31. The van der Waals surface area contributed by atoms with Gasteiger partial charge in [0.25, 0.3) is 0 Å². The normalized spacial score (nSPS) is 12.4. The number of halogens is 4. The zero-order valence-electron chi connectivity index (χ0n) is 7.27. The van der Waals surface area contributed by atoms with Crippen LogP contribution in [0.1, 0.15) is 11.1 Å². The molecule has 5 heteroatoms. The molecule has 0 unspecified atom stereocenters. The molecule has 0 amide bonds. The monoisotopic (exact) mass is 205 g/mol. The maximum absolute atomic E-state index is 12.9. The third-order valence-electron chi connectivity index (χ3n) is 1.58. The maximum atomic E-state index is 12.9. The largest absolute Gasteiger partial charge is 0.419 e. The van der Waals surface area contributed by atoms with Crippen molar-refractivity contribution in [2.24, 2.45) is 4.99 Å². The lowest BCUT2D eigenvalue weighted by atomic mass is 10.1. The van der Waals surface area contributed by atoms with Gasteiger partial charge in [-0.25, -0.2) is 4.39 Å². The molecule has 0 saturated carbocycles. The molecule has 0 bridgehead atoms. The van der Waals surface area contributed by atoms with E-state index in [4.69, 9.17) is 0 Å². The van der Waals surface area contributed by atoms with Gasteiger partial charge in [0.05, 0.1) is 5.56 Å². The minimum atomic E-state index is -4.65. The molecule has 14 heavy (non-hydrogen) atoms. The molecule has 0 aliphatic heterocycles. The minimum Gasteiger partial charge on any atom is -0.296 e. The summed E-state index contributed by atoms with van der Waals surface area (Å²) in [6, 6.07) is 2.67. The SMILES string of the molecule is C/N=C/c1ccc(C(F)(F)F)c(F)c1. The Hall–Kier alpha value is -1.39. The van der Waals surface area contributed by atoms with Gasteiger partial charge in [-0.15, -0.1) is 0 Å². The highest BCUT2D eigenvalue weighted by atomic mass is 19.4. The number of hydrogen-bond donors (Lipinski definition) is 0. The van der Waals surface area contributed by atoms with E-state index in [0.29, 0.717) is 11.6 Å². The Balaban J connectivity index is 3.14. The maximum Gasteiger partial charge on any atom is 0.419 e. The van der Waals surface area contributed by atoms with Gasteiger partial charge in [0.2, 0.25) is 0 Å². The predicted octanol–water partition coefficient (Wildman–Crippen LogP) is 2.89. The molecule has 0 N–H and O–H groups in total. The number of rotatable bonds is 1. The molecule has 0 aliphatic rings. The summed E-state index contributed by atoms with van der Waals surface area (Å²) in [7, 11) is 1.45. The van der Waals surface area contributed by atoms with E-state index in [1.807, 2.05) is 0 Å². The number of benzene rings is 1. The van der Waals surface area contributed by atoms with E-state index in [2.05, 4.69) is 4.99 Å². The first-order valence-corrected chi connectivity index (χ1v) is 3.74. The number of alkyl halides is 3. The summed E-state index contributed by atoms with van der Waals surface area (Å²) in [5, 5.41) is 0. The van der Waals surface area contributed by atoms with Gasteiger partial charge in [0.1, 0.15) is 5.82 Å². The van der Waals surface area contributed by atoms with Crippen LogP contribution in [0, 0.1) is 5.82 Å². The molecule has 0 saturated heterocycles. The second-order valence-corrected chi connectivity index (χ2v) is 2.62. The van der Waals surface area contributed by atoms with Gasteiger partial charge in [-0.3, -0.25) is 4.99 Å². The minimum absolute atomic E-state index is 0.304. The van der Waals surface area contributed by atoms with Gasteiger partial charge in [-0.2, -0.15) is 13.2 Å². The van der Waals surface area contributed by atoms with E-state index in [0.717, 1.165) is 6.07 Å². The third-order valence-corrected chi connectivity index (χ3v) is 1.58. The highest BCUT2D eigenvalue weighted by Crippen LogP contribution is 2.31. The lowest BCUT2D eigenvalue weighted by Gasteiger charge is -2.07. The Kier molecular flexibility index (Phi) is 2.88. The molecule has 1 nitrogen and oxygen atoms in total. The molecule has 0 aromatic heterocycles. The Morgan fingerprint density at radius 1 is 1.29 bits per heavy atom. The Morgan fingerprint density at radius 3 is 2.36 bits per heavy atom. The highest BCUT2D eigenvalue weighted by Gasteiger charge is 2.33. The molecule has 76 valence electrons. The predicted molar refractivity (Wildman–Crippen MR) is 44.9 cm³/mol. The zero-order valence-corrected chi connectivity index (χ0v) is 7.27. The topological polar surface area (TPSA) is 12.4 Å². The Bertz CT molecular complexity index is 354. The van der Waals surface area contributed by atoms with E-state index in [1.54, 1.807) is 0 Å². The molecule has 0 aliphatic carbocycles. The number of aliphatic imine (C=N–C) groups is 1. The zero-order chi connectivity index (χ0) is 10.8. The van der Waals surface area contributed by atoms with Crippen molar-refractivity contribution >= 4 is 6.21 Å². The van der Waals surface area contributed by atoms with Crippen molar-refractivity contribution in [1.82, 2.24) is 0 Å². The van der Waals surface area contributed by atoms with Crippen molar-refractivity contribution < 1.29 is 17.6 Å². The molecule has 1 aromatic carbocycles. The average Bonchev–Trinajstić information content (AvgIpc) is 2.02. The lowest BCUT2D eigenvalue weighted by Crippen LogP contribution is -2.08. The first-order chi connectivity index (χ1) is 6.45. The van der Waals surface area contributed by atoms with Crippen molar-refractivity contribution in [2.75, 3.05) is 7.05 Å². The fourth-order valence-electron chi connectivity index (χ4n) is 0.991. The van der Waals surface area contributed by atoms with Crippen molar-refractivity contribution in [3.8, 4) is 0 Å². The van der Waals surface area contributed by atoms with Crippen LogP contribution < -0.4 is 0 Å². The second kappa shape index (κ2) is 3.77. The van der Waals surface area contributed by atoms with E-state index in [1.165, 1.54) is 19.3 Å². The Labute approximate surface area is 78.1 Å². The van der Waals surface area contributed by atoms with Crippen molar-refractivity contribution in [3.63, 3.8) is 0 Å². The lowest BCUT2D eigenvalue weighted by molar-refractivity contribution is -0.140. The molecule has 1 rings (SSSR count). The summed E-state index contributed by atoms with van der Waals surface area (Å²) >= 11 is 0. The molecule has 0 heterocycles. The van der Waals surface area contributed by atoms with Crippen molar-refractivity contribution in [1.29, 1.82) is 0 Å². The smallest absolute Gasteiger partial charge is 0.296 e. The van der Waals surface area contributed by atoms with Crippen LogP contribution in [-0.4, -0.2) is 13.3 Å². The van der Waals surface area contributed by atoms with Crippen LogP contribution in [0.2, 0.25) is 0 Å². The van der Waals surface area contributed by atoms with Crippen LogP contribution in [0.4, 0.5) is 17.6 Å². The number of hydrogen-bond acceptors (Lipinski definition) is 1. The summed E-state index contributed by atoms with van der Waals surface area (Å²) in [5.41, 5.74) is -0.955. The van der Waals surface area contributed by atoms with Gasteiger partial charge >= 0.3 is 6.18 Å². The van der Waals surface area contributed by atoms with Crippen LogP contribution >= 0.6 is 0 Å². The fraction of sp³-hybridized carbons (Fsp3) is 0.222. The summed E-state index contributed by atoms with van der Waals surface area (Å²) in [6.45, 7) is 0. The quantitative estimate of drug-likeness (QED) is 0.493. The summed E-state index contributed by atoms with van der Waals surface area (Å²) in [6.07, 6.45) is -3.37. The highest BCUT2D eigenvalue weighted by molar-refractivity contribution is 5.79. The summed E-state index contributed by atoms with van der Waals surface area (Å²) in [5.74, 6) is -1.28. The first kappa shape index (κ1) is 10.7. The first-order valence-electron chi connectivity index (χ1n) is 3.74. The van der Waals surface area contributed by atoms with E-state index in [9.17, 15) is 17.6 Å². The second-order valence-electron chi connectivity index (χ2n) is 2.62.